The molecule has 0 bridgehead atoms. The number of para-hydroxylation sites is 1. The highest BCUT2D eigenvalue weighted by atomic mass is 35.5. The first-order chi connectivity index (χ1) is 17.0. The number of aromatic nitrogens is 4. The topological polar surface area (TPSA) is 94.0 Å². The molecule has 9 heteroatoms. The first-order valence-corrected chi connectivity index (χ1v) is 11.5. The molecule has 8 nitrogen and oxygen atoms in total. The lowest BCUT2D eigenvalue weighted by molar-refractivity contribution is -0.113. The number of hydrogen-bond acceptors (Lipinski definition) is 6. The van der Waals surface area contributed by atoms with Crippen molar-refractivity contribution < 1.29 is 9.53 Å². The van der Waals surface area contributed by atoms with E-state index in [-0.39, 0.29) is 5.91 Å². The normalized spacial score (nSPS) is 14.8. The van der Waals surface area contributed by atoms with Crippen LogP contribution in [0.3, 0.4) is 0 Å². The number of allylic oxidation sites excluding steroid dienone is 1. The Kier molecular flexibility index (Phi) is 6.20. The fourth-order valence-electron chi connectivity index (χ4n) is 4.04. The van der Waals surface area contributed by atoms with Crippen molar-refractivity contribution in [2.75, 3.05) is 10.6 Å². The Morgan fingerprint density at radius 2 is 1.80 bits per heavy atom. The zero-order chi connectivity index (χ0) is 24.4. The number of halogens is 1. The second-order valence-corrected chi connectivity index (χ2v) is 8.64. The van der Waals surface area contributed by atoms with Gasteiger partial charge >= 0.3 is 0 Å². The summed E-state index contributed by atoms with van der Waals surface area (Å²) in [5, 5.41) is 18.8. The highest BCUT2D eigenvalue weighted by molar-refractivity contribution is 6.31. The van der Waals surface area contributed by atoms with Crippen molar-refractivity contribution in [1.82, 2.24) is 20.2 Å². The largest absolute Gasteiger partial charge is 0.489 e. The molecule has 1 atom stereocenters. The first kappa shape index (κ1) is 22.6. The van der Waals surface area contributed by atoms with E-state index in [9.17, 15) is 4.79 Å². The summed E-state index contributed by atoms with van der Waals surface area (Å²) in [7, 11) is 0. The number of carbonyl (C=O) groups excluding carboxylic acids is 1. The highest BCUT2D eigenvalue weighted by Gasteiger charge is 2.34. The molecule has 1 amide bonds. The Balaban J connectivity index is 1.42. The SMILES string of the molecule is CC1=C(C(=O)Nc2ccccc2C)C(c2ccc(OCc3ccccc3Cl)cc2)n2nnnc2N1. The Bertz CT molecular complexity index is 1410. The van der Waals surface area contributed by atoms with Gasteiger partial charge in [0.1, 0.15) is 18.4 Å². The number of nitrogens with zero attached hydrogens (tertiary/aromatic N) is 4. The second kappa shape index (κ2) is 9.60. The molecule has 0 saturated carbocycles. The van der Waals surface area contributed by atoms with Crippen LogP contribution in [0.15, 0.2) is 84.1 Å². The van der Waals surface area contributed by atoms with E-state index in [1.807, 2.05) is 86.6 Å². The van der Waals surface area contributed by atoms with Gasteiger partial charge in [0.05, 0.1) is 5.57 Å². The maximum Gasteiger partial charge on any atom is 0.255 e. The maximum atomic E-state index is 13.5. The third kappa shape index (κ3) is 4.61. The van der Waals surface area contributed by atoms with Crippen LogP contribution in [-0.4, -0.2) is 26.1 Å². The second-order valence-electron chi connectivity index (χ2n) is 8.23. The van der Waals surface area contributed by atoms with Crippen LogP contribution in [0.25, 0.3) is 0 Å². The van der Waals surface area contributed by atoms with Crippen LogP contribution >= 0.6 is 11.6 Å². The van der Waals surface area contributed by atoms with Gasteiger partial charge in [-0.15, -0.1) is 0 Å². The van der Waals surface area contributed by atoms with Crippen LogP contribution in [0.4, 0.5) is 11.6 Å². The number of carbonyl (C=O) groups is 1. The number of hydrogen-bond donors (Lipinski definition) is 2. The lowest BCUT2D eigenvalue weighted by Gasteiger charge is -2.28. The third-order valence-corrected chi connectivity index (χ3v) is 6.27. The number of ether oxygens (including phenoxy) is 1. The lowest BCUT2D eigenvalue weighted by Crippen LogP contribution is -2.31. The van der Waals surface area contributed by atoms with Crippen molar-refractivity contribution in [3.05, 3.63) is 106 Å². The smallest absolute Gasteiger partial charge is 0.255 e. The van der Waals surface area contributed by atoms with Crippen molar-refractivity contribution in [2.45, 2.75) is 26.5 Å². The van der Waals surface area contributed by atoms with E-state index in [0.29, 0.717) is 34.6 Å². The molecule has 1 unspecified atom stereocenters. The van der Waals surface area contributed by atoms with Gasteiger partial charge in [0.15, 0.2) is 0 Å². The number of amides is 1. The quantitative estimate of drug-likeness (QED) is 0.392. The fourth-order valence-corrected chi connectivity index (χ4v) is 4.23. The molecular weight excluding hydrogens is 464 g/mol. The number of anilines is 2. The van der Waals surface area contributed by atoms with E-state index in [1.165, 1.54) is 0 Å². The van der Waals surface area contributed by atoms with Gasteiger partial charge in [-0.25, -0.2) is 0 Å². The molecule has 2 N–H and O–H groups in total. The minimum Gasteiger partial charge on any atom is -0.489 e. The summed E-state index contributed by atoms with van der Waals surface area (Å²) in [6.45, 7) is 4.15. The van der Waals surface area contributed by atoms with Crippen LogP contribution < -0.4 is 15.4 Å². The van der Waals surface area contributed by atoms with Crippen LogP contribution in [0.1, 0.15) is 29.7 Å². The van der Waals surface area contributed by atoms with Gasteiger partial charge < -0.3 is 15.4 Å². The molecule has 1 aliphatic heterocycles. The standard InChI is InChI=1S/C26H23ClN6O2/c1-16-7-3-6-10-22(16)29-25(34)23-17(2)28-26-30-31-32-33(26)24(23)18-11-13-20(14-12-18)35-15-19-8-4-5-9-21(19)27/h3-14,24H,15H2,1-2H3,(H,29,34)(H,28,30,32). The fraction of sp³-hybridized carbons (Fsp3) is 0.154. The molecule has 0 spiro atoms. The van der Waals surface area contributed by atoms with Gasteiger partial charge in [-0.2, -0.15) is 4.68 Å². The van der Waals surface area contributed by atoms with Gasteiger partial charge in [-0.3, -0.25) is 4.79 Å². The number of benzene rings is 3. The number of tetrazole rings is 1. The molecule has 0 aliphatic carbocycles. The number of rotatable bonds is 6. The molecule has 3 aromatic carbocycles. The van der Waals surface area contributed by atoms with Gasteiger partial charge in [-0.05, 0) is 59.7 Å². The molecule has 0 radical (unpaired) electrons. The molecule has 2 heterocycles. The molecule has 35 heavy (non-hydrogen) atoms. The van der Waals surface area contributed by atoms with Crippen LogP contribution in [0, 0.1) is 6.92 Å². The van der Waals surface area contributed by atoms with Gasteiger partial charge in [-0.1, -0.05) is 65.2 Å². The van der Waals surface area contributed by atoms with E-state index < -0.39 is 6.04 Å². The molecule has 1 aliphatic rings. The molecule has 1 aromatic heterocycles. The van der Waals surface area contributed by atoms with E-state index in [2.05, 4.69) is 26.2 Å². The van der Waals surface area contributed by atoms with Crippen LogP contribution in [0.5, 0.6) is 5.75 Å². The van der Waals surface area contributed by atoms with E-state index in [4.69, 9.17) is 16.3 Å². The maximum absolute atomic E-state index is 13.5. The number of fused-ring (bicyclic) bond motifs is 1. The van der Waals surface area contributed by atoms with Gasteiger partial charge in [0, 0.05) is 22.0 Å². The molecular formula is C26H23ClN6O2. The molecule has 176 valence electrons. The van der Waals surface area contributed by atoms with Crippen molar-refractivity contribution in [2.24, 2.45) is 0 Å². The first-order valence-electron chi connectivity index (χ1n) is 11.1. The molecule has 0 fully saturated rings. The monoisotopic (exact) mass is 486 g/mol. The van der Waals surface area contributed by atoms with E-state index in [0.717, 1.165) is 22.4 Å². The Hall–Kier alpha value is -4.17. The van der Waals surface area contributed by atoms with Crippen LogP contribution in [0.2, 0.25) is 5.02 Å². The predicted molar refractivity (Wildman–Crippen MR) is 134 cm³/mol. The highest BCUT2D eigenvalue weighted by Crippen LogP contribution is 2.35. The Morgan fingerprint density at radius 3 is 2.57 bits per heavy atom. The average molecular weight is 487 g/mol. The van der Waals surface area contributed by atoms with Gasteiger partial charge in [0.25, 0.3) is 5.91 Å². The van der Waals surface area contributed by atoms with E-state index in [1.54, 1.807) is 4.68 Å². The minimum atomic E-state index is -0.511. The Labute approximate surface area is 207 Å². The molecule has 5 rings (SSSR count). The van der Waals surface area contributed by atoms with Crippen molar-refractivity contribution in [1.29, 1.82) is 0 Å². The van der Waals surface area contributed by atoms with Gasteiger partial charge in [0.2, 0.25) is 5.95 Å². The zero-order valence-electron chi connectivity index (χ0n) is 19.2. The number of aryl methyl sites for hydroxylation is 1. The molecule has 0 saturated heterocycles. The molecule has 4 aromatic rings. The van der Waals surface area contributed by atoms with E-state index >= 15 is 0 Å². The summed E-state index contributed by atoms with van der Waals surface area (Å²) in [4.78, 5) is 13.5. The summed E-state index contributed by atoms with van der Waals surface area (Å²) < 4.78 is 7.53. The van der Waals surface area contributed by atoms with Crippen molar-refractivity contribution >= 4 is 29.1 Å². The summed E-state index contributed by atoms with van der Waals surface area (Å²) in [5.41, 5.74) is 4.69. The van der Waals surface area contributed by atoms with Crippen LogP contribution in [-0.2, 0) is 11.4 Å². The lowest BCUT2D eigenvalue weighted by atomic mass is 9.95. The zero-order valence-corrected chi connectivity index (χ0v) is 20.0. The predicted octanol–water partition coefficient (Wildman–Crippen LogP) is 5.14. The third-order valence-electron chi connectivity index (χ3n) is 5.90. The average Bonchev–Trinajstić information content (AvgIpc) is 3.32. The van der Waals surface area contributed by atoms with Crippen molar-refractivity contribution in [3.63, 3.8) is 0 Å². The summed E-state index contributed by atoms with van der Waals surface area (Å²) >= 11 is 6.23. The summed E-state index contributed by atoms with van der Waals surface area (Å²) in [5.74, 6) is 0.930. The number of nitrogens with one attached hydrogen (secondary N) is 2. The summed E-state index contributed by atoms with van der Waals surface area (Å²) in [6, 6.07) is 22.3. The minimum absolute atomic E-state index is 0.227. The van der Waals surface area contributed by atoms with Crippen molar-refractivity contribution in [3.8, 4) is 5.75 Å². The Morgan fingerprint density at radius 1 is 1.06 bits per heavy atom. The summed E-state index contributed by atoms with van der Waals surface area (Å²) in [6.07, 6.45) is 0.